The number of rotatable bonds is 2. The number of Topliss-reactive ketones (excluding diaryl/α,β-unsaturated/α-hetero) is 1. The van der Waals surface area contributed by atoms with Gasteiger partial charge in [0.2, 0.25) is 5.91 Å². The van der Waals surface area contributed by atoms with E-state index < -0.39 is 0 Å². The molecule has 0 aromatic heterocycles. The molecule has 16 heavy (non-hydrogen) atoms. The van der Waals surface area contributed by atoms with Gasteiger partial charge in [0, 0.05) is 13.0 Å². The highest BCUT2D eigenvalue weighted by Gasteiger charge is 2.45. The summed E-state index contributed by atoms with van der Waals surface area (Å²) in [5, 5.41) is 0.362. The van der Waals surface area contributed by atoms with E-state index in [1.165, 1.54) is 19.3 Å². The Morgan fingerprint density at radius 3 is 2.62 bits per heavy atom. The van der Waals surface area contributed by atoms with Crippen molar-refractivity contribution < 1.29 is 9.59 Å². The molecule has 1 heterocycles. The third-order valence-corrected chi connectivity index (χ3v) is 4.51. The Morgan fingerprint density at radius 1 is 1.31 bits per heavy atom. The molecule has 3 nitrogen and oxygen atoms in total. The first-order chi connectivity index (χ1) is 7.65. The maximum Gasteiger partial charge on any atom is 0.220 e. The largest absolute Gasteiger partial charge is 0.330 e. The second kappa shape index (κ2) is 4.86. The van der Waals surface area contributed by atoms with Gasteiger partial charge in [-0.05, 0) is 25.2 Å². The number of carbonyl (C=O) groups is 2. The van der Waals surface area contributed by atoms with Gasteiger partial charge in [-0.25, -0.2) is 0 Å². The number of likely N-dealkylation sites (tertiary alicyclic amines) is 1. The second-order valence-electron chi connectivity index (χ2n) is 4.89. The molecule has 3 unspecified atom stereocenters. The molecule has 2 fully saturated rings. The van der Waals surface area contributed by atoms with Crippen LogP contribution in [0.15, 0.2) is 0 Å². The summed E-state index contributed by atoms with van der Waals surface area (Å²) >= 11 is 3.21. The molecule has 1 aliphatic heterocycles. The van der Waals surface area contributed by atoms with Gasteiger partial charge in [-0.2, -0.15) is 0 Å². The van der Waals surface area contributed by atoms with Gasteiger partial charge < -0.3 is 4.90 Å². The van der Waals surface area contributed by atoms with E-state index in [-0.39, 0.29) is 17.7 Å². The Labute approximate surface area is 105 Å². The monoisotopic (exact) mass is 287 g/mol. The molecule has 2 rings (SSSR count). The molecule has 0 spiro atoms. The van der Waals surface area contributed by atoms with Crippen LogP contribution in [0, 0.1) is 5.92 Å². The minimum absolute atomic E-state index is 0.0636. The molecule has 90 valence electrons. The molecule has 3 atom stereocenters. The van der Waals surface area contributed by atoms with Crippen LogP contribution in [0.5, 0.6) is 0 Å². The number of fused-ring (bicyclic) bond motifs is 1. The first-order valence-electron chi connectivity index (χ1n) is 6.02. The van der Waals surface area contributed by atoms with Gasteiger partial charge in [-0.1, -0.05) is 28.8 Å². The summed E-state index contributed by atoms with van der Waals surface area (Å²) in [6.07, 6.45) is 5.59. The van der Waals surface area contributed by atoms with Crippen molar-refractivity contribution in [2.75, 3.05) is 5.33 Å². The van der Waals surface area contributed by atoms with E-state index in [0.29, 0.717) is 17.3 Å². The summed E-state index contributed by atoms with van der Waals surface area (Å²) in [7, 11) is 0. The first-order valence-corrected chi connectivity index (χ1v) is 7.15. The fourth-order valence-corrected chi connectivity index (χ4v) is 3.66. The van der Waals surface area contributed by atoms with Crippen molar-refractivity contribution in [2.24, 2.45) is 5.92 Å². The normalized spacial score (nSPS) is 33.6. The molecule has 1 saturated heterocycles. The van der Waals surface area contributed by atoms with Gasteiger partial charge in [-0.15, -0.1) is 0 Å². The maximum absolute atomic E-state index is 11.8. The number of nitrogens with zero attached hydrogens (tertiary/aromatic N) is 1. The topological polar surface area (TPSA) is 37.4 Å². The molecule has 0 aromatic rings. The maximum atomic E-state index is 11.8. The number of carbonyl (C=O) groups excluding carboxylic acids is 2. The Hall–Kier alpha value is -0.380. The van der Waals surface area contributed by atoms with Crippen molar-refractivity contribution in [1.82, 2.24) is 4.90 Å². The van der Waals surface area contributed by atoms with E-state index in [1.807, 2.05) is 4.90 Å². The second-order valence-corrected chi connectivity index (χ2v) is 5.45. The zero-order chi connectivity index (χ0) is 11.7. The highest BCUT2D eigenvalue weighted by molar-refractivity contribution is 9.09. The molecule has 2 aliphatic rings. The van der Waals surface area contributed by atoms with Gasteiger partial charge >= 0.3 is 0 Å². The van der Waals surface area contributed by atoms with Crippen molar-refractivity contribution in [3.63, 3.8) is 0 Å². The Bertz CT molecular complexity index is 305. The van der Waals surface area contributed by atoms with Gasteiger partial charge in [-0.3, -0.25) is 9.59 Å². The van der Waals surface area contributed by atoms with Gasteiger partial charge in [0.25, 0.3) is 0 Å². The van der Waals surface area contributed by atoms with Crippen LogP contribution in [0.4, 0.5) is 0 Å². The number of ketones is 1. The Morgan fingerprint density at radius 2 is 2.00 bits per heavy atom. The van der Waals surface area contributed by atoms with Crippen LogP contribution < -0.4 is 0 Å². The summed E-state index contributed by atoms with van der Waals surface area (Å²) in [5.41, 5.74) is 0. The van der Waals surface area contributed by atoms with Crippen LogP contribution in [-0.2, 0) is 9.59 Å². The van der Waals surface area contributed by atoms with E-state index in [9.17, 15) is 9.59 Å². The molecule has 0 bridgehead atoms. The highest BCUT2D eigenvalue weighted by atomic mass is 79.9. The molecule has 4 heteroatoms. The standard InChI is InChI=1S/C12H18BrNO2/c1-8(15)14-10-5-3-2-4-9(10)6-11(14)12(16)7-13/h9-11H,2-7H2,1H3. The zero-order valence-corrected chi connectivity index (χ0v) is 11.2. The van der Waals surface area contributed by atoms with Gasteiger partial charge in [0.05, 0.1) is 11.4 Å². The molecular formula is C12H18BrNO2. The molecular weight excluding hydrogens is 270 g/mol. The fraction of sp³-hybridized carbons (Fsp3) is 0.833. The van der Waals surface area contributed by atoms with Crippen molar-refractivity contribution >= 4 is 27.6 Å². The van der Waals surface area contributed by atoms with Crippen LogP contribution in [-0.4, -0.2) is 34.0 Å². The zero-order valence-electron chi connectivity index (χ0n) is 9.62. The minimum Gasteiger partial charge on any atom is -0.330 e. The number of alkyl halides is 1. The lowest BCUT2D eigenvalue weighted by atomic mass is 9.84. The number of hydrogen-bond donors (Lipinski definition) is 0. The predicted octanol–water partition coefficient (Wildman–Crippen LogP) is 2.13. The van der Waals surface area contributed by atoms with Crippen LogP contribution in [0.1, 0.15) is 39.0 Å². The average molecular weight is 288 g/mol. The molecule has 0 N–H and O–H groups in total. The summed E-state index contributed by atoms with van der Waals surface area (Å²) in [6, 6.07) is 0.171. The Kier molecular flexibility index (Phi) is 3.67. The van der Waals surface area contributed by atoms with E-state index in [4.69, 9.17) is 0 Å². The highest BCUT2D eigenvalue weighted by Crippen LogP contribution is 2.40. The number of amides is 1. The number of halogens is 1. The van der Waals surface area contributed by atoms with Gasteiger partial charge in [0.1, 0.15) is 0 Å². The third-order valence-electron chi connectivity index (χ3n) is 3.96. The molecule has 0 aromatic carbocycles. The minimum atomic E-state index is -0.162. The summed E-state index contributed by atoms with van der Waals surface area (Å²) < 4.78 is 0. The van der Waals surface area contributed by atoms with Crippen molar-refractivity contribution in [3.05, 3.63) is 0 Å². The third kappa shape index (κ3) is 2.04. The predicted molar refractivity (Wildman–Crippen MR) is 65.5 cm³/mol. The lowest BCUT2D eigenvalue weighted by molar-refractivity contribution is -0.137. The fourth-order valence-electron chi connectivity index (χ4n) is 3.29. The van der Waals surface area contributed by atoms with Crippen molar-refractivity contribution in [1.29, 1.82) is 0 Å². The van der Waals surface area contributed by atoms with E-state index in [2.05, 4.69) is 15.9 Å². The van der Waals surface area contributed by atoms with Crippen LogP contribution in [0.2, 0.25) is 0 Å². The number of hydrogen-bond acceptors (Lipinski definition) is 2. The summed E-state index contributed by atoms with van der Waals surface area (Å²) in [5.74, 6) is 0.781. The quantitative estimate of drug-likeness (QED) is 0.730. The van der Waals surface area contributed by atoms with E-state index >= 15 is 0 Å². The molecule has 1 saturated carbocycles. The lowest BCUT2D eigenvalue weighted by Gasteiger charge is -2.32. The Balaban J connectivity index is 2.19. The van der Waals surface area contributed by atoms with E-state index in [1.54, 1.807) is 6.92 Å². The summed E-state index contributed by atoms with van der Waals surface area (Å²) in [6.45, 7) is 1.59. The molecule has 0 radical (unpaired) electrons. The average Bonchev–Trinajstić information content (AvgIpc) is 2.67. The van der Waals surface area contributed by atoms with Crippen molar-refractivity contribution in [3.8, 4) is 0 Å². The van der Waals surface area contributed by atoms with Crippen LogP contribution in [0.25, 0.3) is 0 Å². The SMILES string of the molecule is CC(=O)N1C(C(=O)CBr)CC2CCCCC21. The molecule has 1 amide bonds. The first kappa shape index (κ1) is 12.1. The van der Waals surface area contributed by atoms with E-state index in [0.717, 1.165) is 12.8 Å². The van der Waals surface area contributed by atoms with Crippen LogP contribution in [0.3, 0.4) is 0 Å². The van der Waals surface area contributed by atoms with Crippen LogP contribution >= 0.6 is 15.9 Å². The molecule has 1 aliphatic carbocycles. The van der Waals surface area contributed by atoms with Gasteiger partial charge in [0.15, 0.2) is 5.78 Å². The lowest BCUT2D eigenvalue weighted by Crippen LogP contribution is -2.45. The van der Waals surface area contributed by atoms with Crippen molar-refractivity contribution in [2.45, 2.75) is 51.1 Å². The summed E-state index contributed by atoms with van der Waals surface area (Å²) in [4.78, 5) is 25.4. The smallest absolute Gasteiger partial charge is 0.220 e.